The zero-order valence-electron chi connectivity index (χ0n) is 10.9. The maximum atomic E-state index is 12.1. The first-order valence-electron chi connectivity index (χ1n) is 6.67. The number of halogens is 1. The second kappa shape index (κ2) is 6.24. The van der Waals surface area contributed by atoms with Crippen molar-refractivity contribution in [3.05, 3.63) is 34.9 Å². The van der Waals surface area contributed by atoms with Crippen LogP contribution in [0, 0.1) is 5.92 Å². The molecule has 2 rings (SSSR count). The van der Waals surface area contributed by atoms with Crippen LogP contribution in [0.5, 0.6) is 0 Å². The number of aryl methyl sites for hydroxylation is 1. The number of nitrogens with zero attached hydrogens (tertiary/aromatic N) is 1. The first-order valence-corrected chi connectivity index (χ1v) is 7.05. The number of amides is 1. The Labute approximate surface area is 114 Å². The molecule has 1 aliphatic rings. The van der Waals surface area contributed by atoms with Crippen molar-refractivity contribution in [1.82, 2.24) is 4.90 Å². The summed E-state index contributed by atoms with van der Waals surface area (Å²) in [5.41, 5.74) is 1.14. The summed E-state index contributed by atoms with van der Waals surface area (Å²) in [7, 11) is 0. The minimum Gasteiger partial charge on any atom is -0.342 e. The fraction of sp³-hybridized carbons (Fsp3) is 0.533. The third-order valence-electron chi connectivity index (χ3n) is 3.53. The molecule has 0 radical (unpaired) electrons. The molecule has 98 valence electrons. The Balaban J connectivity index is 1.84. The smallest absolute Gasteiger partial charge is 0.222 e. The van der Waals surface area contributed by atoms with Crippen molar-refractivity contribution >= 4 is 17.5 Å². The van der Waals surface area contributed by atoms with E-state index in [-0.39, 0.29) is 5.91 Å². The van der Waals surface area contributed by atoms with E-state index in [0.717, 1.165) is 36.5 Å². The van der Waals surface area contributed by atoms with Gasteiger partial charge in [0.25, 0.3) is 0 Å². The Hall–Kier alpha value is -1.02. The van der Waals surface area contributed by atoms with Gasteiger partial charge in [0.2, 0.25) is 5.91 Å². The number of carbonyl (C=O) groups excluding carboxylic acids is 1. The van der Waals surface area contributed by atoms with Crippen LogP contribution in [-0.2, 0) is 11.2 Å². The molecule has 1 unspecified atom stereocenters. The lowest BCUT2D eigenvalue weighted by atomic mass is 9.99. The van der Waals surface area contributed by atoms with E-state index in [1.165, 1.54) is 6.42 Å². The summed E-state index contributed by atoms with van der Waals surface area (Å²) in [6, 6.07) is 7.76. The van der Waals surface area contributed by atoms with Gasteiger partial charge in [-0.25, -0.2) is 0 Å². The molecule has 18 heavy (non-hydrogen) atoms. The fourth-order valence-corrected chi connectivity index (χ4v) is 2.73. The molecule has 1 aromatic rings. The van der Waals surface area contributed by atoms with Gasteiger partial charge >= 0.3 is 0 Å². The Bertz CT molecular complexity index is 419. The first-order chi connectivity index (χ1) is 8.65. The molecule has 1 fully saturated rings. The van der Waals surface area contributed by atoms with E-state index >= 15 is 0 Å². The third-order valence-corrected chi connectivity index (χ3v) is 3.76. The van der Waals surface area contributed by atoms with Crippen molar-refractivity contribution in [3.63, 3.8) is 0 Å². The van der Waals surface area contributed by atoms with E-state index < -0.39 is 0 Å². The average molecular weight is 266 g/mol. The van der Waals surface area contributed by atoms with Crippen molar-refractivity contribution < 1.29 is 4.79 Å². The molecule has 2 nitrogen and oxygen atoms in total. The standard InChI is InChI=1S/C15H20ClNO/c1-12-4-3-9-17(11-12)15(18)8-7-13-5-2-6-14(16)10-13/h2,5-6,10,12H,3-4,7-9,11H2,1H3. The summed E-state index contributed by atoms with van der Waals surface area (Å²) in [5, 5.41) is 0.742. The van der Waals surface area contributed by atoms with Gasteiger partial charge in [-0.05, 0) is 42.9 Å². The predicted octanol–water partition coefficient (Wildman–Crippen LogP) is 3.53. The van der Waals surface area contributed by atoms with Gasteiger partial charge in [-0.3, -0.25) is 4.79 Å². The van der Waals surface area contributed by atoms with Gasteiger partial charge in [0.15, 0.2) is 0 Å². The zero-order valence-corrected chi connectivity index (χ0v) is 11.6. The normalized spacial score (nSPS) is 19.9. The molecule has 1 amide bonds. The quantitative estimate of drug-likeness (QED) is 0.819. The minimum absolute atomic E-state index is 0.279. The van der Waals surface area contributed by atoms with Crippen molar-refractivity contribution in [3.8, 4) is 0 Å². The van der Waals surface area contributed by atoms with Gasteiger partial charge in [-0.1, -0.05) is 30.7 Å². The van der Waals surface area contributed by atoms with E-state index in [4.69, 9.17) is 11.6 Å². The average Bonchev–Trinajstić information content (AvgIpc) is 2.36. The number of likely N-dealkylation sites (tertiary alicyclic amines) is 1. The number of piperidine rings is 1. The van der Waals surface area contributed by atoms with Crippen LogP contribution in [0.1, 0.15) is 31.7 Å². The molecule has 1 atom stereocenters. The molecule has 1 saturated heterocycles. The largest absolute Gasteiger partial charge is 0.342 e. The van der Waals surface area contributed by atoms with Crippen LogP contribution in [0.25, 0.3) is 0 Å². The van der Waals surface area contributed by atoms with E-state index in [1.807, 2.05) is 29.2 Å². The SMILES string of the molecule is CC1CCCN(C(=O)CCc2cccc(Cl)c2)C1. The number of hydrogen-bond acceptors (Lipinski definition) is 1. The van der Waals surface area contributed by atoms with Crippen LogP contribution in [-0.4, -0.2) is 23.9 Å². The molecule has 0 N–H and O–H groups in total. The van der Waals surface area contributed by atoms with E-state index in [0.29, 0.717) is 12.3 Å². The lowest BCUT2D eigenvalue weighted by Gasteiger charge is -2.31. The molecular formula is C15H20ClNO. The minimum atomic E-state index is 0.279. The molecule has 1 aliphatic heterocycles. The molecular weight excluding hydrogens is 246 g/mol. The summed E-state index contributed by atoms with van der Waals surface area (Å²) in [6.45, 7) is 4.07. The lowest BCUT2D eigenvalue weighted by molar-refractivity contribution is -0.132. The Morgan fingerprint density at radius 3 is 3.06 bits per heavy atom. The highest BCUT2D eigenvalue weighted by atomic mass is 35.5. The Morgan fingerprint density at radius 2 is 2.33 bits per heavy atom. The number of hydrogen-bond donors (Lipinski definition) is 0. The van der Waals surface area contributed by atoms with Crippen LogP contribution in [0.15, 0.2) is 24.3 Å². The molecule has 0 saturated carbocycles. The Kier molecular flexibility index (Phi) is 4.65. The molecule has 0 spiro atoms. The molecule has 0 aliphatic carbocycles. The highest BCUT2D eigenvalue weighted by Crippen LogP contribution is 2.17. The predicted molar refractivity (Wildman–Crippen MR) is 74.8 cm³/mol. The van der Waals surface area contributed by atoms with Crippen LogP contribution in [0.3, 0.4) is 0 Å². The van der Waals surface area contributed by atoms with Gasteiger partial charge in [-0.2, -0.15) is 0 Å². The van der Waals surface area contributed by atoms with E-state index in [2.05, 4.69) is 6.92 Å². The summed E-state index contributed by atoms with van der Waals surface area (Å²) in [5.74, 6) is 0.926. The van der Waals surface area contributed by atoms with Gasteiger partial charge < -0.3 is 4.90 Å². The number of carbonyl (C=O) groups is 1. The highest BCUT2D eigenvalue weighted by Gasteiger charge is 2.20. The van der Waals surface area contributed by atoms with Gasteiger partial charge in [0.1, 0.15) is 0 Å². The zero-order chi connectivity index (χ0) is 13.0. The monoisotopic (exact) mass is 265 g/mol. The van der Waals surface area contributed by atoms with Crippen molar-refractivity contribution in [2.45, 2.75) is 32.6 Å². The van der Waals surface area contributed by atoms with Crippen LogP contribution >= 0.6 is 11.6 Å². The fourth-order valence-electron chi connectivity index (χ4n) is 2.52. The molecule has 0 aromatic heterocycles. The topological polar surface area (TPSA) is 20.3 Å². The van der Waals surface area contributed by atoms with E-state index in [1.54, 1.807) is 0 Å². The number of rotatable bonds is 3. The summed E-state index contributed by atoms with van der Waals surface area (Å²) < 4.78 is 0. The molecule has 1 aromatic carbocycles. The Morgan fingerprint density at radius 1 is 1.50 bits per heavy atom. The second-order valence-electron chi connectivity index (χ2n) is 5.22. The summed E-state index contributed by atoms with van der Waals surface area (Å²) in [6.07, 6.45) is 3.76. The van der Waals surface area contributed by atoms with Crippen molar-refractivity contribution in [1.29, 1.82) is 0 Å². The van der Waals surface area contributed by atoms with E-state index in [9.17, 15) is 4.79 Å². The highest BCUT2D eigenvalue weighted by molar-refractivity contribution is 6.30. The maximum Gasteiger partial charge on any atom is 0.222 e. The molecule has 0 bridgehead atoms. The van der Waals surface area contributed by atoms with Gasteiger partial charge in [-0.15, -0.1) is 0 Å². The maximum absolute atomic E-state index is 12.1. The second-order valence-corrected chi connectivity index (χ2v) is 5.65. The van der Waals surface area contributed by atoms with Gasteiger partial charge in [0.05, 0.1) is 0 Å². The van der Waals surface area contributed by atoms with Crippen molar-refractivity contribution in [2.75, 3.05) is 13.1 Å². The first kappa shape index (κ1) is 13.4. The third kappa shape index (κ3) is 3.74. The van der Waals surface area contributed by atoms with Crippen LogP contribution in [0.4, 0.5) is 0 Å². The molecule has 3 heteroatoms. The summed E-state index contributed by atoms with van der Waals surface area (Å²) >= 11 is 5.93. The van der Waals surface area contributed by atoms with Crippen LogP contribution in [0.2, 0.25) is 5.02 Å². The molecule has 1 heterocycles. The van der Waals surface area contributed by atoms with Crippen LogP contribution < -0.4 is 0 Å². The lowest BCUT2D eigenvalue weighted by Crippen LogP contribution is -2.39. The summed E-state index contributed by atoms with van der Waals surface area (Å²) in [4.78, 5) is 14.1. The number of benzene rings is 1. The van der Waals surface area contributed by atoms with Gasteiger partial charge in [0, 0.05) is 24.5 Å². The van der Waals surface area contributed by atoms with Crippen molar-refractivity contribution in [2.24, 2.45) is 5.92 Å².